The molecule has 2 nitrogen and oxygen atoms in total. The molecule has 0 aromatic heterocycles. The van der Waals surface area contributed by atoms with Crippen LogP contribution in [0.25, 0.3) is 0 Å². The summed E-state index contributed by atoms with van der Waals surface area (Å²) in [6.07, 6.45) is 3.09. The molecule has 0 amide bonds. The van der Waals surface area contributed by atoms with E-state index in [4.69, 9.17) is 10.5 Å². The van der Waals surface area contributed by atoms with Crippen LogP contribution in [0.15, 0.2) is 0 Å². The van der Waals surface area contributed by atoms with Crippen molar-refractivity contribution in [2.24, 2.45) is 0 Å². The third-order valence-corrected chi connectivity index (χ3v) is 3.90. The second kappa shape index (κ2) is 6.30. The van der Waals surface area contributed by atoms with Crippen molar-refractivity contribution in [2.45, 2.75) is 56.5 Å². The van der Waals surface area contributed by atoms with Crippen LogP contribution >= 0.6 is 23.5 Å². The Bertz CT molecular complexity index is 243. The van der Waals surface area contributed by atoms with E-state index in [2.05, 4.69) is 38.5 Å². The van der Waals surface area contributed by atoms with Gasteiger partial charge in [0.05, 0.1) is 0 Å². The lowest BCUT2D eigenvalue weighted by molar-refractivity contribution is 0.530. The summed E-state index contributed by atoms with van der Waals surface area (Å²) >= 11 is 2.66. The summed E-state index contributed by atoms with van der Waals surface area (Å²) in [5, 5.41) is 21.5. The van der Waals surface area contributed by atoms with Gasteiger partial charge in [-0.05, 0) is 64.1 Å². The van der Waals surface area contributed by atoms with Crippen LogP contribution in [0.5, 0.6) is 0 Å². The first-order valence-electron chi connectivity index (χ1n) is 4.97. The van der Waals surface area contributed by atoms with Crippen LogP contribution in [0, 0.1) is 21.3 Å². The zero-order valence-electron chi connectivity index (χ0n) is 9.83. The van der Waals surface area contributed by atoms with Gasteiger partial charge in [0, 0.05) is 9.49 Å². The summed E-state index contributed by atoms with van der Waals surface area (Å²) in [7, 11) is 0. The number of hydrogen-bond acceptors (Lipinski definition) is 4. The van der Waals surface area contributed by atoms with Crippen molar-refractivity contribution in [3.05, 3.63) is 0 Å². The van der Waals surface area contributed by atoms with E-state index in [1.807, 2.05) is 0 Å². The average molecular weight is 242 g/mol. The summed E-state index contributed by atoms with van der Waals surface area (Å²) in [6.45, 7) is 8.35. The molecule has 0 aromatic rings. The van der Waals surface area contributed by atoms with Crippen molar-refractivity contribution in [2.75, 3.05) is 0 Å². The zero-order valence-corrected chi connectivity index (χ0v) is 11.5. The molecule has 0 N–H and O–H groups in total. The minimum atomic E-state index is 0.0299. The highest BCUT2D eigenvalue weighted by Crippen LogP contribution is 2.33. The molecule has 84 valence electrons. The fraction of sp³-hybridized carbons (Fsp3) is 0.818. The molecule has 0 saturated heterocycles. The monoisotopic (exact) mass is 242 g/mol. The molecule has 15 heavy (non-hydrogen) atoms. The summed E-state index contributed by atoms with van der Waals surface area (Å²) < 4.78 is 0.0598. The third-order valence-electron chi connectivity index (χ3n) is 2.20. The Morgan fingerprint density at radius 2 is 1.20 bits per heavy atom. The van der Waals surface area contributed by atoms with Crippen LogP contribution in [0.3, 0.4) is 0 Å². The number of thiocyanates is 2. The van der Waals surface area contributed by atoms with Gasteiger partial charge in [0.2, 0.25) is 0 Å². The maximum Gasteiger partial charge on any atom is 0.133 e. The maximum atomic E-state index is 8.61. The second-order valence-electron chi connectivity index (χ2n) is 4.76. The Balaban J connectivity index is 3.90. The van der Waals surface area contributed by atoms with Gasteiger partial charge < -0.3 is 0 Å². The lowest BCUT2D eigenvalue weighted by Gasteiger charge is -2.24. The number of rotatable bonds is 6. The molecule has 0 bridgehead atoms. The highest BCUT2D eigenvalue weighted by Gasteiger charge is 2.22. The molecule has 0 unspecified atom stereocenters. The van der Waals surface area contributed by atoms with E-state index in [1.54, 1.807) is 0 Å². The van der Waals surface area contributed by atoms with E-state index in [0.717, 1.165) is 19.3 Å². The molecule has 0 rings (SSSR count). The van der Waals surface area contributed by atoms with Crippen molar-refractivity contribution >= 4 is 23.5 Å². The van der Waals surface area contributed by atoms with Gasteiger partial charge in [-0.1, -0.05) is 6.42 Å². The minimum absolute atomic E-state index is 0.0299. The molecular formula is C11H18N2S2. The molecule has 0 heterocycles. The predicted octanol–water partition coefficient (Wildman–Crippen LogP) is 4.14. The normalized spacial score (nSPS) is 11.9. The molecule has 0 fully saturated rings. The van der Waals surface area contributed by atoms with Crippen LogP contribution in [0.2, 0.25) is 0 Å². The summed E-state index contributed by atoms with van der Waals surface area (Å²) in [4.78, 5) is 0. The van der Waals surface area contributed by atoms with Crippen LogP contribution < -0.4 is 0 Å². The highest BCUT2D eigenvalue weighted by molar-refractivity contribution is 8.05. The van der Waals surface area contributed by atoms with Crippen molar-refractivity contribution in [3.63, 3.8) is 0 Å². The van der Waals surface area contributed by atoms with Crippen LogP contribution in [0.4, 0.5) is 0 Å². The van der Waals surface area contributed by atoms with Gasteiger partial charge in [-0.2, -0.15) is 10.5 Å². The second-order valence-corrected chi connectivity index (χ2v) is 7.74. The van der Waals surface area contributed by atoms with Crippen LogP contribution in [-0.4, -0.2) is 9.49 Å². The van der Waals surface area contributed by atoms with Gasteiger partial charge in [-0.3, -0.25) is 0 Å². The lowest BCUT2D eigenvalue weighted by atomic mass is 10.00. The van der Waals surface area contributed by atoms with Crippen molar-refractivity contribution in [1.82, 2.24) is 0 Å². The molecule has 0 spiro atoms. The summed E-state index contributed by atoms with van der Waals surface area (Å²) in [5.41, 5.74) is 0. The van der Waals surface area contributed by atoms with E-state index >= 15 is 0 Å². The molecule has 0 atom stereocenters. The topological polar surface area (TPSA) is 47.6 Å². The van der Waals surface area contributed by atoms with Gasteiger partial charge in [0.25, 0.3) is 0 Å². The summed E-state index contributed by atoms with van der Waals surface area (Å²) in [6, 6.07) is 0. The van der Waals surface area contributed by atoms with Crippen molar-refractivity contribution in [1.29, 1.82) is 10.5 Å². The third kappa shape index (κ3) is 7.59. The highest BCUT2D eigenvalue weighted by atomic mass is 32.2. The van der Waals surface area contributed by atoms with Crippen molar-refractivity contribution < 1.29 is 0 Å². The number of nitrogens with zero attached hydrogens (tertiary/aromatic N) is 2. The number of thioether (sulfide) groups is 2. The van der Waals surface area contributed by atoms with Gasteiger partial charge in [0.1, 0.15) is 10.8 Å². The van der Waals surface area contributed by atoms with Crippen LogP contribution in [0.1, 0.15) is 47.0 Å². The smallest absolute Gasteiger partial charge is 0.133 e. The first-order valence-corrected chi connectivity index (χ1v) is 6.60. The Morgan fingerprint density at radius 3 is 1.47 bits per heavy atom. The minimum Gasteiger partial charge on any atom is -0.185 e. The molecule has 0 aromatic carbocycles. The SMILES string of the molecule is CC(C)(CCCC(C)(C)SC#N)SC#N. The van der Waals surface area contributed by atoms with Gasteiger partial charge in [-0.25, -0.2) is 0 Å². The van der Waals surface area contributed by atoms with E-state index in [9.17, 15) is 0 Å². The molecule has 0 aliphatic carbocycles. The Hall–Kier alpha value is -0.320. The largest absolute Gasteiger partial charge is 0.185 e. The first kappa shape index (κ1) is 14.7. The van der Waals surface area contributed by atoms with E-state index in [1.165, 1.54) is 23.5 Å². The molecule has 0 radical (unpaired) electrons. The quantitative estimate of drug-likeness (QED) is 0.657. The maximum absolute atomic E-state index is 8.61. The lowest BCUT2D eigenvalue weighted by Crippen LogP contribution is -2.18. The Kier molecular flexibility index (Phi) is 6.17. The molecular weight excluding hydrogens is 224 g/mol. The fourth-order valence-electron chi connectivity index (χ4n) is 1.29. The summed E-state index contributed by atoms with van der Waals surface area (Å²) in [5.74, 6) is 0. The molecule has 0 aliphatic rings. The molecule has 0 saturated carbocycles. The van der Waals surface area contributed by atoms with Gasteiger partial charge in [0.15, 0.2) is 0 Å². The number of hydrogen-bond donors (Lipinski definition) is 0. The van der Waals surface area contributed by atoms with Gasteiger partial charge in [-0.15, -0.1) is 0 Å². The Morgan fingerprint density at radius 1 is 0.867 bits per heavy atom. The average Bonchev–Trinajstić information content (AvgIpc) is 2.02. The van der Waals surface area contributed by atoms with Gasteiger partial charge >= 0.3 is 0 Å². The Labute approximate surface area is 101 Å². The molecule has 0 aliphatic heterocycles. The first-order chi connectivity index (χ1) is 6.83. The standard InChI is InChI=1S/C11H18N2S2/c1-10(2,14-8-12)6-5-7-11(3,4)15-9-13/h5-7H2,1-4H3. The van der Waals surface area contributed by atoms with E-state index in [0.29, 0.717) is 0 Å². The predicted molar refractivity (Wildman–Crippen MR) is 68.4 cm³/mol. The van der Waals surface area contributed by atoms with Crippen molar-refractivity contribution in [3.8, 4) is 10.8 Å². The fourth-order valence-corrected chi connectivity index (χ4v) is 2.28. The molecule has 4 heteroatoms. The van der Waals surface area contributed by atoms with E-state index in [-0.39, 0.29) is 9.49 Å². The van der Waals surface area contributed by atoms with Crippen LogP contribution in [-0.2, 0) is 0 Å². The zero-order chi connectivity index (χ0) is 11.9. The van der Waals surface area contributed by atoms with E-state index < -0.39 is 0 Å². The number of nitriles is 2.